The van der Waals surface area contributed by atoms with E-state index in [2.05, 4.69) is 15.3 Å². The molecular formula is C14H18N2O5. The molecule has 0 aromatic rings. The first kappa shape index (κ1) is 15.4. The number of allylic oxidation sites excluding steroid dienone is 1. The lowest BCUT2D eigenvalue weighted by Crippen LogP contribution is -2.27. The topological polar surface area (TPSA) is 105 Å². The molecular weight excluding hydrogens is 276 g/mol. The van der Waals surface area contributed by atoms with E-state index in [1.807, 2.05) is 0 Å². The molecule has 2 rings (SSSR count). The minimum absolute atomic E-state index is 0.00642. The van der Waals surface area contributed by atoms with Gasteiger partial charge in [-0.15, -0.1) is 0 Å². The lowest BCUT2D eigenvalue weighted by Gasteiger charge is -2.17. The quantitative estimate of drug-likeness (QED) is 0.677. The number of ketones is 2. The fourth-order valence-corrected chi connectivity index (χ4v) is 2.80. The lowest BCUT2D eigenvalue weighted by atomic mass is 9.88. The van der Waals surface area contributed by atoms with Crippen LogP contribution in [-0.4, -0.2) is 48.1 Å². The minimum atomic E-state index is -0.917. The molecule has 114 valence electrons. The van der Waals surface area contributed by atoms with Gasteiger partial charge in [0.05, 0.1) is 13.2 Å². The van der Waals surface area contributed by atoms with Crippen molar-refractivity contribution in [1.82, 2.24) is 5.43 Å². The van der Waals surface area contributed by atoms with Crippen LogP contribution in [0.3, 0.4) is 0 Å². The Bertz CT molecular complexity index is 550. The number of aliphatic hydroxyl groups is 1. The summed E-state index contributed by atoms with van der Waals surface area (Å²) in [6.07, 6.45) is -0.646. The number of carbonyl (C=O) groups is 3. The van der Waals surface area contributed by atoms with Gasteiger partial charge in [0.2, 0.25) is 0 Å². The second-order valence-electron chi connectivity index (χ2n) is 5.12. The average Bonchev–Trinajstić information content (AvgIpc) is 3.00. The zero-order valence-electron chi connectivity index (χ0n) is 12.0. The number of hydrogen-bond acceptors (Lipinski definition) is 7. The van der Waals surface area contributed by atoms with Gasteiger partial charge in [0, 0.05) is 32.2 Å². The maximum atomic E-state index is 12.0. The van der Waals surface area contributed by atoms with Crippen LogP contribution in [0.1, 0.15) is 26.2 Å². The van der Waals surface area contributed by atoms with Crippen LogP contribution in [-0.2, 0) is 19.1 Å². The zero-order chi connectivity index (χ0) is 15.6. The van der Waals surface area contributed by atoms with E-state index in [1.54, 1.807) is 0 Å². The van der Waals surface area contributed by atoms with Crippen molar-refractivity contribution >= 4 is 23.2 Å². The normalized spacial score (nSPS) is 24.9. The molecule has 0 aromatic carbocycles. The van der Waals surface area contributed by atoms with Crippen molar-refractivity contribution in [3.05, 3.63) is 11.1 Å². The maximum Gasteiger partial charge on any atom is 0.305 e. The van der Waals surface area contributed by atoms with Gasteiger partial charge in [-0.2, -0.15) is 5.10 Å². The number of hydrogen-bond donors (Lipinski definition) is 2. The molecule has 0 bridgehead atoms. The number of hydrazone groups is 1. The number of aliphatic hydroxyl groups excluding tert-OH is 1. The van der Waals surface area contributed by atoms with Crippen LogP contribution < -0.4 is 5.43 Å². The highest BCUT2D eigenvalue weighted by atomic mass is 16.5. The molecule has 0 fully saturated rings. The molecule has 0 aromatic heterocycles. The van der Waals surface area contributed by atoms with Gasteiger partial charge < -0.3 is 15.3 Å². The summed E-state index contributed by atoms with van der Waals surface area (Å²) in [5.41, 5.74) is 3.99. The van der Waals surface area contributed by atoms with E-state index in [0.29, 0.717) is 23.4 Å². The Morgan fingerprint density at radius 3 is 2.81 bits per heavy atom. The van der Waals surface area contributed by atoms with E-state index in [9.17, 15) is 19.5 Å². The Hall–Kier alpha value is -2.02. The summed E-state index contributed by atoms with van der Waals surface area (Å²) in [5.74, 6) is -1.20. The molecule has 2 unspecified atom stereocenters. The van der Waals surface area contributed by atoms with Gasteiger partial charge in [0.25, 0.3) is 0 Å². The van der Waals surface area contributed by atoms with E-state index in [1.165, 1.54) is 14.0 Å². The van der Waals surface area contributed by atoms with E-state index in [-0.39, 0.29) is 30.8 Å². The van der Waals surface area contributed by atoms with E-state index < -0.39 is 18.0 Å². The van der Waals surface area contributed by atoms with Gasteiger partial charge in [-0.1, -0.05) is 0 Å². The number of nitrogens with zero attached hydrogens (tertiary/aromatic N) is 1. The molecule has 2 atom stereocenters. The molecule has 0 saturated carbocycles. The largest absolute Gasteiger partial charge is 0.469 e. The molecule has 0 saturated heterocycles. The zero-order valence-corrected chi connectivity index (χ0v) is 12.0. The van der Waals surface area contributed by atoms with Crippen molar-refractivity contribution in [2.24, 2.45) is 11.0 Å². The second kappa shape index (κ2) is 6.17. The van der Waals surface area contributed by atoms with Gasteiger partial charge in [0.1, 0.15) is 5.71 Å². The maximum absolute atomic E-state index is 12.0. The van der Waals surface area contributed by atoms with Gasteiger partial charge in [-0.05, 0) is 17.6 Å². The standard InChI is InChI=1S/C14H18N2O5/c1-7(17)14-9(6-15-16-14)13-8(3-4-12(20)21-2)10(18)5-11(13)19/h9,11,15,19H,3-6H2,1-2H3. The number of Topliss-reactive ketones (excluding diaryl/α,β-unsaturated/α-hetero) is 2. The molecule has 1 aliphatic heterocycles. The third-order valence-electron chi connectivity index (χ3n) is 3.79. The molecule has 0 radical (unpaired) electrons. The fraction of sp³-hybridized carbons (Fsp3) is 0.571. The molecule has 7 heteroatoms. The van der Waals surface area contributed by atoms with Crippen molar-refractivity contribution in [1.29, 1.82) is 0 Å². The third kappa shape index (κ3) is 3.02. The predicted molar refractivity (Wildman–Crippen MR) is 73.5 cm³/mol. The molecule has 21 heavy (non-hydrogen) atoms. The van der Waals surface area contributed by atoms with E-state index >= 15 is 0 Å². The fourth-order valence-electron chi connectivity index (χ4n) is 2.80. The number of carbonyl (C=O) groups excluding carboxylic acids is 3. The average molecular weight is 294 g/mol. The van der Waals surface area contributed by atoms with Gasteiger partial charge in [-0.25, -0.2) is 0 Å². The number of rotatable bonds is 5. The molecule has 1 heterocycles. The van der Waals surface area contributed by atoms with E-state index in [4.69, 9.17) is 0 Å². The Kier molecular flexibility index (Phi) is 4.52. The summed E-state index contributed by atoms with van der Waals surface area (Å²) >= 11 is 0. The molecule has 2 N–H and O–H groups in total. The molecule has 1 aliphatic carbocycles. The lowest BCUT2D eigenvalue weighted by molar-refractivity contribution is -0.140. The van der Waals surface area contributed by atoms with Crippen LogP contribution in [0.15, 0.2) is 16.2 Å². The second-order valence-corrected chi connectivity index (χ2v) is 5.12. The van der Waals surface area contributed by atoms with Gasteiger partial charge in [0.15, 0.2) is 11.6 Å². The van der Waals surface area contributed by atoms with Crippen LogP contribution in [0, 0.1) is 5.92 Å². The van der Waals surface area contributed by atoms with Gasteiger partial charge >= 0.3 is 5.97 Å². The Morgan fingerprint density at radius 2 is 2.19 bits per heavy atom. The van der Waals surface area contributed by atoms with Crippen LogP contribution >= 0.6 is 0 Å². The molecule has 0 amide bonds. The smallest absolute Gasteiger partial charge is 0.305 e. The summed E-state index contributed by atoms with van der Waals surface area (Å²) in [6, 6.07) is 0. The number of esters is 1. The highest BCUT2D eigenvalue weighted by molar-refractivity contribution is 6.41. The van der Waals surface area contributed by atoms with Crippen molar-refractivity contribution < 1.29 is 24.2 Å². The van der Waals surface area contributed by atoms with Crippen LogP contribution in [0.5, 0.6) is 0 Å². The Morgan fingerprint density at radius 1 is 1.48 bits per heavy atom. The summed E-state index contributed by atoms with van der Waals surface area (Å²) in [4.78, 5) is 34.8. The number of methoxy groups -OCH3 is 1. The van der Waals surface area contributed by atoms with Crippen molar-refractivity contribution in [2.75, 3.05) is 13.7 Å². The van der Waals surface area contributed by atoms with Crippen molar-refractivity contribution in [2.45, 2.75) is 32.3 Å². The minimum Gasteiger partial charge on any atom is -0.469 e. The molecule has 0 spiro atoms. The first-order valence-electron chi connectivity index (χ1n) is 6.78. The highest BCUT2D eigenvalue weighted by Crippen LogP contribution is 2.34. The monoisotopic (exact) mass is 294 g/mol. The predicted octanol–water partition coefficient (Wildman–Crippen LogP) is -0.266. The van der Waals surface area contributed by atoms with Crippen LogP contribution in [0.25, 0.3) is 0 Å². The van der Waals surface area contributed by atoms with Crippen molar-refractivity contribution in [3.8, 4) is 0 Å². The highest BCUT2D eigenvalue weighted by Gasteiger charge is 2.39. The summed E-state index contributed by atoms with van der Waals surface area (Å²) in [7, 11) is 1.28. The van der Waals surface area contributed by atoms with Crippen LogP contribution in [0.4, 0.5) is 0 Å². The first-order chi connectivity index (χ1) is 9.95. The third-order valence-corrected chi connectivity index (χ3v) is 3.79. The van der Waals surface area contributed by atoms with Gasteiger partial charge in [-0.3, -0.25) is 14.4 Å². The molecule has 2 aliphatic rings. The summed E-state index contributed by atoms with van der Waals surface area (Å²) in [6.45, 7) is 1.77. The van der Waals surface area contributed by atoms with Crippen LogP contribution in [0.2, 0.25) is 0 Å². The van der Waals surface area contributed by atoms with Crippen molar-refractivity contribution in [3.63, 3.8) is 0 Å². The number of ether oxygens (including phenoxy) is 1. The SMILES string of the molecule is COC(=O)CCC1=C(C2CNN=C2C(C)=O)C(O)CC1=O. The Balaban J connectivity index is 2.29. The Labute approximate surface area is 122 Å². The summed E-state index contributed by atoms with van der Waals surface area (Å²) < 4.78 is 4.57. The molecule has 7 nitrogen and oxygen atoms in total. The van der Waals surface area contributed by atoms with E-state index in [0.717, 1.165) is 0 Å². The number of nitrogens with one attached hydrogen (secondary N) is 1. The summed E-state index contributed by atoms with van der Waals surface area (Å²) in [5, 5.41) is 14.1. The first-order valence-corrected chi connectivity index (χ1v) is 6.78.